The SMILES string of the molecule is [CH2+]C(C)C(C)=O. The van der Waals surface area contributed by atoms with Crippen LogP contribution in [-0.2, 0) is 4.79 Å². The van der Waals surface area contributed by atoms with Gasteiger partial charge < -0.3 is 0 Å². The number of ketones is 1. The van der Waals surface area contributed by atoms with Crippen LogP contribution >= 0.6 is 0 Å². The number of carbonyl (C=O) groups excluding carboxylic acids is 1. The van der Waals surface area contributed by atoms with E-state index < -0.39 is 0 Å². The Morgan fingerprint density at radius 1 is 1.83 bits per heavy atom. The lowest BCUT2D eigenvalue weighted by atomic mass is 10.1. The van der Waals surface area contributed by atoms with Gasteiger partial charge in [-0.05, 0) is 13.8 Å². The normalized spacial score (nSPS) is 13.7. The molecule has 1 unspecified atom stereocenters. The Kier molecular flexibility index (Phi) is 1.71. The van der Waals surface area contributed by atoms with Crippen LogP contribution in [0.5, 0.6) is 0 Å². The highest BCUT2D eigenvalue weighted by molar-refractivity contribution is 5.78. The van der Waals surface area contributed by atoms with Crippen LogP contribution in [0.1, 0.15) is 13.8 Å². The Balaban J connectivity index is 3.26. The monoisotopic (exact) mass is 85.1 g/mol. The van der Waals surface area contributed by atoms with Crippen molar-refractivity contribution in [1.29, 1.82) is 0 Å². The lowest BCUT2D eigenvalue weighted by molar-refractivity contribution is -0.119. The Labute approximate surface area is 38.4 Å². The zero-order valence-electron chi connectivity index (χ0n) is 4.19. The Bertz CT molecular complexity index is 55.0. The van der Waals surface area contributed by atoms with E-state index in [-0.39, 0.29) is 11.7 Å². The quantitative estimate of drug-likeness (QED) is 0.435. The summed E-state index contributed by atoms with van der Waals surface area (Å²) >= 11 is 0. The highest BCUT2D eigenvalue weighted by Crippen LogP contribution is 1.88. The molecule has 0 aliphatic rings. The van der Waals surface area contributed by atoms with Crippen LogP contribution < -0.4 is 0 Å². The maximum Gasteiger partial charge on any atom is 0.176 e. The summed E-state index contributed by atoms with van der Waals surface area (Å²) in [5.74, 6) is 0.111. The van der Waals surface area contributed by atoms with Crippen LogP contribution in [0.3, 0.4) is 0 Å². The van der Waals surface area contributed by atoms with Gasteiger partial charge in [0, 0.05) is 0 Å². The predicted molar refractivity (Wildman–Crippen MR) is 25.2 cm³/mol. The van der Waals surface area contributed by atoms with Crippen molar-refractivity contribution in [1.82, 2.24) is 0 Å². The molecular formula is C5H9O+. The van der Waals surface area contributed by atoms with Crippen LogP contribution in [0.4, 0.5) is 0 Å². The zero-order chi connectivity index (χ0) is 5.15. The van der Waals surface area contributed by atoms with Crippen LogP contribution in [0.15, 0.2) is 0 Å². The second-order valence-corrected chi connectivity index (χ2v) is 1.51. The zero-order valence-corrected chi connectivity index (χ0v) is 4.19. The third kappa shape index (κ3) is 1.82. The largest absolute Gasteiger partial charge is 0.295 e. The second kappa shape index (κ2) is 1.85. The average Bonchev–Trinajstić information content (AvgIpc) is 1.36. The van der Waals surface area contributed by atoms with E-state index >= 15 is 0 Å². The Morgan fingerprint density at radius 2 is 2.00 bits per heavy atom. The number of rotatable bonds is 1. The van der Waals surface area contributed by atoms with Gasteiger partial charge >= 0.3 is 0 Å². The molecule has 0 amide bonds. The van der Waals surface area contributed by atoms with Crippen molar-refractivity contribution in [3.63, 3.8) is 0 Å². The molecule has 0 rings (SSSR count). The predicted octanol–water partition coefficient (Wildman–Crippen LogP) is 1.05. The maximum absolute atomic E-state index is 10.1. The fourth-order valence-electron chi connectivity index (χ4n) is 0. The maximum atomic E-state index is 10.1. The lowest BCUT2D eigenvalue weighted by Crippen LogP contribution is -1.99. The number of hydrogen-bond acceptors (Lipinski definition) is 1. The first-order valence-electron chi connectivity index (χ1n) is 1.98. The van der Waals surface area contributed by atoms with Crippen molar-refractivity contribution in [2.24, 2.45) is 5.92 Å². The number of Topliss-reactive ketones (excluding diaryl/α,β-unsaturated/α-hetero) is 1. The van der Waals surface area contributed by atoms with E-state index in [1.54, 1.807) is 6.92 Å². The summed E-state index contributed by atoms with van der Waals surface area (Å²) in [5.41, 5.74) is 0. The fraction of sp³-hybridized carbons (Fsp3) is 0.600. The van der Waals surface area contributed by atoms with Gasteiger partial charge in [0.15, 0.2) is 5.78 Å². The summed E-state index contributed by atoms with van der Waals surface area (Å²) in [6.45, 7) is 6.81. The molecule has 0 aromatic carbocycles. The van der Waals surface area contributed by atoms with E-state index in [0.717, 1.165) is 0 Å². The molecule has 0 fully saturated rings. The molecule has 1 nitrogen and oxygen atoms in total. The summed E-state index contributed by atoms with van der Waals surface area (Å²) in [6.07, 6.45) is 0. The van der Waals surface area contributed by atoms with Gasteiger partial charge in [0.05, 0.1) is 6.92 Å². The molecule has 0 radical (unpaired) electrons. The van der Waals surface area contributed by atoms with E-state index in [4.69, 9.17) is 0 Å². The number of hydrogen-bond donors (Lipinski definition) is 0. The smallest absolute Gasteiger partial charge is 0.176 e. The van der Waals surface area contributed by atoms with Crippen molar-refractivity contribution < 1.29 is 4.79 Å². The first-order valence-corrected chi connectivity index (χ1v) is 1.98. The minimum Gasteiger partial charge on any atom is -0.295 e. The summed E-state index contributed by atoms with van der Waals surface area (Å²) in [7, 11) is 0. The van der Waals surface area contributed by atoms with Crippen molar-refractivity contribution in [2.45, 2.75) is 13.8 Å². The lowest BCUT2D eigenvalue weighted by Gasteiger charge is -1.82. The van der Waals surface area contributed by atoms with Gasteiger partial charge in [0.1, 0.15) is 5.92 Å². The first-order chi connectivity index (χ1) is 2.64. The molecule has 0 aliphatic heterocycles. The molecule has 0 aliphatic carbocycles. The van der Waals surface area contributed by atoms with Gasteiger partial charge in [-0.25, -0.2) is 0 Å². The van der Waals surface area contributed by atoms with Crippen molar-refractivity contribution in [2.75, 3.05) is 0 Å². The third-order valence-electron chi connectivity index (χ3n) is 0.694. The molecule has 0 saturated carbocycles. The average molecular weight is 85.1 g/mol. The van der Waals surface area contributed by atoms with E-state index in [1.807, 2.05) is 0 Å². The molecule has 0 aromatic rings. The molecule has 1 heteroatoms. The van der Waals surface area contributed by atoms with Crippen LogP contribution in [0.2, 0.25) is 0 Å². The summed E-state index contributed by atoms with van der Waals surface area (Å²) in [5, 5.41) is 0. The standard InChI is InChI=1S/C5H9O/c1-4(2)5(3)6/h4H,1H2,2-3H3/q+1. The van der Waals surface area contributed by atoms with E-state index in [0.29, 0.717) is 0 Å². The third-order valence-corrected chi connectivity index (χ3v) is 0.694. The number of carbonyl (C=O) groups is 1. The van der Waals surface area contributed by atoms with E-state index in [2.05, 4.69) is 6.92 Å². The first kappa shape index (κ1) is 5.54. The van der Waals surface area contributed by atoms with Gasteiger partial charge in [0.25, 0.3) is 0 Å². The van der Waals surface area contributed by atoms with Gasteiger partial charge in [-0.15, -0.1) is 0 Å². The van der Waals surface area contributed by atoms with Crippen molar-refractivity contribution in [3.05, 3.63) is 6.92 Å². The molecule has 0 N–H and O–H groups in total. The molecule has 0 heterocycles. The summed E-state index contributed by atoms with van der Waals surface area (Å²) < 4.78 is 0. The minimum atomic E-state index is -0.0370. The van der Waals surface area contributed by atoms with Gasteiger partial charge in [-0.1, -0.05) is 0 Å². The topological polar surface area (TPSA) is 17.1 Å². The second-order valence-electron chi connectivity index (χ2n) is 1.51. The molecular weight excluding hydrogens is 76.1 g/mol. The molecule has 6 heavy (non-hydrogen) atoms. The van der Waals surface area contributed by atoms with E-state index in [9.17, 15) is 4.79 Å². The van der Waals surface area contributed by atoms with Crippen LogP contribution in [0.25, 0.3) is 0 Å². The molecule has 0 spiro atoms. The molecule has 0 saturated heterocycles. The minimum absolute atomic E-state index is 0.0370. The van der Waals surface area contributed by atoms with Gasteiger partial charge in [-0.2, -0.15) is 0 Å². The van der Waals surface area contributed by atoms with Crippen molar-refractivity contribution in [3.8, 4) is 0 Å². The summed E-state index contributed by atoms with van der Waals surface area (Å²) in [4.78, 5) is 10.1. The molecule has 34 valence electrons. The van der Waals surface area contributed by atoms with E-state index in [1.165, 1.54) is 6.92 Å². The van der Waals surface area contributed by atoms with Crippen LogP contribution in [-0.4, -0.2) is 5.78 Å². The van der Waals surface area contributed by atoms with Gasteiger partial charge in [0.2, 0.25) is 0 Å². The fourth-order valence-corrected chi connectivity index (χ4v) is 0. The molecule has 0 aromatic heterocycles. The highest BCUT2D eigenvalue weighted by atomic mass is 16.1. The van der Waals surface area contributed by atoms with Crippen LogP contribution in [0, 0.1) is 12.8 Å². The molecule has 1 atom stereocenters. The molecule has 0 bridgehead atoms. The Morgan fingerprint density at radius 3 is 2.00 bits per heavy atom. The highest BCUT2D eigenvalue weighted by Gasteiger charge is 2.03. The summed E-state index contributed by atoms with van der Waals surface area (Å²) in [6, 6.07) is 0. The van der Waals surface area contributed by atoms with Gasteiger partial charge in [-0.3, -0.25) is 4.79 Å². The Hall–Kier alpha value is -0.460. The van der Waals surface area contributed by atoms with Crippen molar-refractivity contribution >= 4 is 5.78 Å².